The van der Waals surface area contributed by atoms with Crippen LogP contribution in [0.15, 0.2) is 53.8 Å². The van der Waals surface area contributed by atoms with Crippen LogP contribution in [0.25, 0.3) is 0 Å². The molecule has 1 aromatic heterocycles. The second-order valence-electron chi connectivity index (χ2n) is 7.34. The molecule has 1 N–H and O–H groups in total. The van der Waals surface area contributed by atoms with Gasteiger partial charge in [-0.2, -0.15) is 5.10 Å². The fourth-order valence-electron chi connectivity index (χ4n) is 4.06. The van der Waals surface area contributed by atoms with Gasteiger partial charge in [-0.25, -0.2) is 0 Å². The normalized spacial score (nSPS) is 23.0. The first kappa shape index (κ1) is 19.0. The summed E-state index contributed by atoms with van der Waals surface area (Å²) in [5.41, 5.74) is 1.36. The average Bonchev–Trinajstić information content (AvgIpc) is 3.38. The van der Waals surface area contributed by atoms with Crippen LogP contribution in [0.2, 0.25) is 0 Å². The molecule has 28 heavy (non-hydrogen) atoms. The fraction of sp³-hybridized carbons (Fsp3) is 0.524. The number of guanidine groups is 1. The Kier molecular flexibility index (Phi) is 6.24. The Morgan fingerprint density at radius 2 is 2.14 bits per heavy atom. The Hall–Kier alpha value is -2.38. The molecule has 1 aromatic carbocycles. The van der Waals surface area contributed by atoms with E-state index in [9.17, 15) is 0 Å². The number of nitrogens with one attached hydrogen (secondary N) is 1. The number of morpholine rings is 1. The summed E-state index contributed by atoms with van der Waals surface area (Å²) >= 11 is 0. The summed E-state index contributed by atoms with van der Waals surface area (Å²) in [6.07, 6.45) is 4.02. The second kappa shape index (κ2) is 9.21. The van der Waals surface area contributed by atoms with Crippen LogP contribution in [0.1, 0.15) is 12.5 Å². The van der Waals surface area contributed by atoms with Gasteiger partial charge in [0.05, 0.1) is 31.8 Å². The lowest BCUT2D eigenvalue weighted by atomic mass is 10.1. The minimum Gasteiger partial charge on any atom is -0.373 e. The Bertz CT molecular complexity index is 748. The molecule has 3 heterocycles. The summed E-state index contributed by atoms with van der Waals surface area (Å²) in [6.45, 7) is 9.08. The highest BCUT2D eigenvalue weighted by Crippen LogP contribution is 2.24. The highest BCUT2D eigenvalue weighted by molar-refractivity contribution is 5.80. The predicted octanol–water partition coefficient (Wildman–Crippen LogP) is 1.43. The zero-order valence-electron chi connectivity index (χ0n) is 16.6. The van der Waals surface area contributed by atoms with Crippen molar-refractivity contribution in [3.8, 4) is 0 Å². The van der Waals surface area contributed by atoms with E-state index in [1.54, 1.807) is 6.20 Å². The van der Waals surface area contributed by atoms with E-state index in [1.807, 2.05) is 16.9 Å². The van der Waals surface area contributed by atoms with Gasteiger partial charge in [0.2, 0.25) is 0 Å². The van der Waals surface area contributed by atoms with E-state index >= 15 is 0 Å². The summed E-state index contributed by atoms with van der Waals surface area (Å²) in [4.78, 5) is 9.75. The molecule has 2 unspecified atom stereocenters. The van der Waals surface area contributed by atoms with Crippen molar-refractivity contribution in [2.24, 2.45) is 4.99 Å². The molecule has 2 atom stereocenters. The van der Waals surface area contributed by atoms with Crippen molar-refractivity contribution < 1.29 is 4.74 Å². The van der Waals surface area contributed by atoms with Crippen LogP contribution < -0.4 is 5.32 Å². The summed E-state index contributed by atoms with van der Waals surface area (Å²) in [5, 5.41) is 7.70. The minimum atomic E-state index is 0.243. The first-order valence-electron chi connectivity index (χ1n) is 10.2. The molecule has 2 aromatic rings. The number of hydrogen-bond acceptors (Lipinski definition) is 4. The van der Waals surface area contributed by atoms with E-state index in [1.165, 1.54) is 5.56 Å². The average molecular weight is 383 g/mol. The van der Waals surface area contributed by atoms with Crippen molar-refractivity contribution in [2.75, 3.05) is 39.3 Å². The van der Waals surface area contributed by atoms with E-state index in [0.717, 1.165) is 51.8 Å². The van der Waals surface area contributed by atoms with Crippen molar-refractivity contribution in [2.45, 2.75) is 32.2 Å². The molecule has 2 aliphatic rings. The maximum absolute atomic E-state index is 6.11. The van der Waals surface area contributed by atoms with Gasteiger partial charge in [-0.15, -0.1) is 0 Å². The van der Waals surface area contributed by atoms with Crippen molar-refractivity contribution in [3.63, 3.8) is 0 Å². The molecule has 0 spiro atoms. The van der Waals surface area contributed by atoms with Crippen LogP contribution in [-0.4, -0.2) is 77.0 Å². The number of aromatic nitrogens is 2. The topological polar surface area (TPSA) is 57.9 Å². The van der Waals surface area contributed by atoms with Crippen molar-refractivity contribution in [3.05, 3.63) is 54.4 Å². The van der Waals surface area contributed by atoms with Crippen LogP contribution in [0, 0.1) is 0 Å². The molecule has 7 heteroatoms. The lowest BCUT2D eigenvalue weighted by Gasteiger charge is -2.36. The SMILES string of the molecule is CCNC(=NCCn1cccn1)N1CC2OCCN(Cc3ccccc3)C2C1. The predicted molar refractivity (Wildman–Crippen MR) is 110 cm³/mol. The Morgan fingerprint density at radius 3 is 2.93 bits per heavy atom. The molecule has 2 saturated heterocycles. The maximum Gasteiger partial charge on any atom is 0.194 e. The van der Waals surface area contributed by atoms with Crippen LogP contribution in [-0.2, 0) is 17.8 Å². The highest BCUT2D eigenvalue weighted by atomic mass is 16.5. The van der Waals surface area contributed by atoms with Gasteiger partial charge in [0.15, 0.2) is 5.96 Å². The van der Waals surface area contributed by atoms with Gasteiger partial charge in [-0.1, -0.05) is 30.3 Å². The molecule has 2 fully saturated rings. The molecule has 0 saturated carbocycles. The van der Waals surface area contributed by atoms with Gasteiger partial charge < -0.3 is 15.0 Å². The van der Waals surface area contributed by atoms with Crippen molar-refractivity contribution in [1.29, 1.82) is 0 Å². The van der Waals surface area contributed by atoms with Crippen LogP contribution in [0.3, 0.4) is 0 Å². The van der Waals surface area contributed by atoms with Gasteiger partial charge in [0.25, 0.3) is 0 Å². The molecular weight excluding hydrogens is 352 g/mol. The van der Waals surface area contributed by atoms with Crippen molar-refractivity contribution in [1.82, 2.24) is 24.9 Å². The second-order valence-corrected chi connectivity index (χ2v) is 7.34. The molecule has 0 amide bonds. The van der Waals surface area contributed by atoms with Crippen LogP contribution in [0.4, 0.5) is 0 Å². The zero-order chi connectivity index (χ0) is 19.2. The highest BCUT2D eigenvalue weighted by Gasteiger charge is 2.41. The number of rotatable bonds is 6. The van der Waals surface area contributed by atoms with Gasteiger partial charge in [-0.3, -0.25) is 14.6 Å². The minimum absolute atomic E-state index is 0.243. The molecule has 4 rings (SSSR count). The monoisotopic (exact) mass is 382 g/mol. The third-order valence-electron chi connectivity index (χ3n) is 5.43. The fourth-order valence-corrected chi connectivity index (χ4v) is 4.06. The Balaban J connectivity index is 1.40. The quantitative estimate of drug-likeness (QED) is 0.605. The first-order chi connectivity index (χ1) is 13.8. The van der Waals surface area contributed by atoms with Gasteiger partial charge in [0.1, 0.15) is 0 Å². The van der Waals surface area contributed by atoms with Gasteiger partial charge >= 0.3 is 0 Å². The zero-order valence-corrected chi connectivity index (χ0v) is 16.6. The largest absolute Gasteiger partial charge is 0.373 e. The molecule has 7 nitrogen and oxygen atoms in total. The summed E-state index contributed by atoms with van der Waals surface area (Å²) in [7, 11) is 0. The number of ether oxygens (including phenoxy) is 1. The molecular formula is C21H30N6O. The lowest BCUT2D eigenvalue weighted by Crippen LogP contribution is -2.50. The molecule has 0 bridgehead atoms. The van der Waals surface area contributed by atoms with E-state index in [4.69, 9.17) is 9.73 Å². The molecule has 0 aliphatic carbocycles. The smallest absolute Gasteiger partial charge is 0.194 e. The molecule has 0 radical (unpaired) electrons. The lowest BCUT2D eigenvalue weighted by molar-refractivity contribution is -0.0502. The maximum atomic E-state index is 6.11. The summed E-state index contributed by atoms with van der Waals surface area (Å²) < 4.78 is 8.03. The van der Waals surface area contributed by atoms with Crippen molar-refractivity contribution >= 4 is 5.96 Å². The summed E-state index contributed by atoms with van der Waals surface area (Å²) in [5.74, 6) is 0.979. The van der Waals surface area contributed by atoms with E-state index in [0.29, 0.717) is 12.6 Å². The van der Waals surface area contributed by atoms with Crippen LogP contribution >= 0.6 is 0 Å². The number of aliphatic imine (C=N–C) groups is 1. The number of nitrogens with zero attached hydrogens (tertiary/aromatic N) is 5. The van der Waals surface area contributed by atoms with E-state index in [2.05, 4.69) is 57.5 Å². The Labute approximate surface area is 167 Å². The Morgan fingerprint density at radius 1 is 1.25 bits per heavy atom. The first-order valence-corrected chi connectivity index (χ1v) is 10.2. The van der Waals surface area contributed by atoms with E-state index < -0.39 is 0 Å². The number of fused-ring (bicyclic) bond motifs is 1. The van der Waals surface area contributed by atoms with Crippen LogP contribution in [0.5, 0.6) is 0 Å². The van der Waals surface area contributed by atoms with E-state index in [-0.39, 0.29) is 6.10 Å². The number of hydrogen-bond donors (Lipinski definition) is 1. The third-order valence-corrected chi connectivity index (χ3v) is 5.43. The van der Waals surface area contributed by atoms with Gasteiger partial charge in [-0.05, 0) is 18.6 Å². The third kappa shape index (κ3) is 4.54. The number of benzene rings is 1. The standard InChI is InChI=1S/C21H30N6O/c1-2-22-21(23-10-12-27-11-6-9-24-27)26-16-19-20(17-26)28-14-13-25(19)15-18-7-4-3-5-8-18/h3-9,11,19-20H,2,10,12-17H2,1H3,(H,22,23). The summed E-state index contributed by atoms with van der Waals surface area (Å²) in [6, 6.07) is 13.1. The van der Waals surface area contributed by atoms with Gasteiger partial charge in [0, 0.05) is 45.1 Å². The molecule has 150 valence electrons. The molecule has 2 aliphatic heterocycles. The number of likely N-dealkylation sites (tertiary alicyclic amines) is 1.